The number of amides is 1. The summed E-state index contributed by atoms with van der Waals surface area (Å²) in [5.41, 5.74) is -0.145. The molecule has 1 aliphatic rings. The Hall–Kier alpha value is -3.43. The topological polar surface area (TPSA) is 71.3 Å². The lowest BCUT2D eigenvalue weighted by molar-refractivity contribution is -0.137. The van der Waals surface area contributed by atoms with Crippen LogP contribution in [-0.4, -0.2) is 52.0 Å². The molecule has 0 bridgehead atoms. The number of halogens is 3. The number of nitrogens with zero attached hydrogens (tertiary/aromatic N) is 5. The van der Waals surface area contributed by atoms with E-state index in [1.54, 1.807) is 42.2 Å². The lowest BCUT2D eigenvalue weighted by Crippen LogP contribution is -2.51. The Kier molecular flexibility index (Phi) is 5.86. The molecule has 1 atom stereocenters. The normalized spacial score (nSPS) is 15.8. The van der Waals surface area contributed by atoms with Gasteiger partial charge in [-0.3, -0.25) is 9.59 Å². The maximum Gasteiger partial charge on any atom is 0.416 e. The summed E-state index contributed by atoms with van der Waals surface area (Å²) in [6, 6.07) is 11.2. The summed E-state index contributed by atoms with van der Waals surface area (Å²) in [4.78, 5) is 29.5. The van der Waals surface area contributed by atoms with Gasteiger partial charge < -0.3 is 9.80 Å². The van der Waals surface area contributed by atoms with Gasteiger partial charge in [0.2, 0.25) is 5.91 Å². The van der Waals surface area contributed by atoms with Crippen LogP contribution < -0.4 is 10.5 Å². The maximum absolute atomic E-state index is 13.2. The number of hydrogen-bond acceptors (Lipinski definition) is 5. The van der Waals surface area contributed by atoms with Crippen LogP contribution in [0.25, 0.3) is 10.9 Å². The zero-order chi connectivity index (χ0) is 22.9. The van der Waals surface area contributed by atoms with Gasteiger partial charge in [-0.05, 0) is 36.8 Å². The van der Waals surface area contributed by atoms with Gasteiger partial charge in [0, 0.05) is 31.9 Å². The molecule has 1 aromatic heterocycles. The summed E-state index contributed by atoms with van der Waals surface area (Å²) in [5.74, 6) is -0.247. The van der Waals surface area contributed by atoms with Crippen LogP contribution in [-0.2, 0) is 11.0 Å². The molecule has 7 nitrogen and oxygen atoms in total. The number of carbonyl (C=O) groups excluding carboxylic acids is 1. The lowest BCUT2D eigenvalue weighted by Gasteiger charge is -2.37. The van der Waals surface area contributed by atoms with Crippen molar-refractivity contribution in [3.63, 3.8) is 0 Å². The number of carbonyl (C=O) groups is 1. The molecule has 1 amide bonds. The number of benzene rings is 2. The van der Waals surface area contributed by atoms with E-state index >= 15 is 0 Å². The van der Waals surface area contributed by atoms with Crippen LogP contribution in [0.5, 0.6) is 0 Å². The molecule has 1 aliphatic heterocycles. The molecule has 0 N–H and O–H groups in total. The van der Waals surface area contributed by atoms with Crippen molar-refractivity contribution in [1.82, 2.24) is 19.9 Å². The largest absolute Gasteiger partial charge is 0.416 e. The van der Waals surface area contributed by atoms with Crippen LogP contribution in [0.4, 0.5) is 18.9 Å². The second-order valence-electron chi connectivity index (χ2n) is 7.64. The van der Waals surface area contributed by atoms with E-state index in [1.165, 1.54) is 6.07 Å². The molecule has 0 aliphatic carbocycles. The van der Waals surface area contributed by atoms with Crippen molar-refractivity contribution >= 4 is 22.5 Å². The number of piperazine rings is 1. The molecule has 1 fully saturated rings. The first-order chi connectivity index (χ1) is 15.3. The highest BCUT2D eigenvalue weighted by molar-refractivity contribution is 5.81. The molecule has 0 radical (unpaired) electrons. The molecule has 2 heterocycles. The highest BCUT2D eigenvalue weighted by Crippen LogP contribution is 2.32. The van der Waals surface area contributed by atoms with Crippen molar-refractivity contribution in [2.24, 2.45) is 0 Å². The van der Waals surface area contributed by atoms with Gasteiger partial charge in [0.1, 0.15) is 11.6 Å². The molecule has 0 unspecified atom stereocenters. The zero-order valence-electron chi connectivity index (χ0n) is 17.4. The second-order valence-corrected chi connectivity index (χ2v) is 7.64. The van der Waals surface area contributed by atoms with Crippen LogP contribution in [0.1, 0.15) is 24.9 Å². The summed E-state index contributed by atoms with van der Waals surface area (Å²) in [6.45, 7) is 3.25. The molecule has 10 heteroatoms. The summed E-state index contributed by atoms with van der Waals surface area (Å²) < 4.78 is 40.2. The Balaban J connectivity index is 1.49. The molecule has 3 aromatic rings. The van der Waals surface area contributed by atoms with Gasteiger partial charge in [0.25, 0.3) is 5.56 Å². The summed E-state index contributed by atoms with van der Waals surface area (Å²) in [7, 11) is 0. The van der Waals surface area contributed by atoms with E-state index in [9.17, 15) is 22.8 Å². The van der Waals surface area contributed by atoms with Gasteiger partial charge in [-0.2, -0.15) is 17.9 Å². The van der Waals surface area contributed by atoms with E-state index < -0.39 is 17.8 Å². The predicted octanol–water partition coefficient (Wildman–Crippen LogP) is 3.11. The van der Waals surface area contributed by atoms with Crippen molar-refractivity contribution < 1.29 is 18.0 Å². The van der Waals surface area contributed by atoms with Crippen LogP contribution in [0.2, 0.25) is 0 Å². The highest BCUT2D eigenvalue weighted by atomic mass is 19.4. The van der Waals surface area contributed by atoms with Crippen molar-refractivity contribution in [2.45, 2.75) is 25.6 Å². The third-order valence-electron chi connectivity index (χ3n) is 5.69. The fraction of sp³-hybridized carbons (Fsp3) is 0.364. The van der Waals surface area contributed by atoms with E-state index in [2.05, 4.69) is 10.3 Å². The Labute approximate surface area is 182 Å². The summed E-state index contributed by atoms with van der Waals surface area (Å²) in [5, 5.41) is 8.43. The van der Waals surface area contributed by atoms with Gasteiger partial charge in [0.15, 0.2) is 0 Å². The molecule has 1 saturated heterocycles. The fourth-order valence-corrected chi connectivity index (χ4v) is 3.93. The Bertz CT molecular complexity index is 1190. The standard InChI is InChI=1S/C22H22F3N5O2/c1-2-19(30-20(31)17-8-3-4-9-18(17)26-27-30)21(32)29-12-10-28(11-13-29)16-7-5-6-15(14-16)22(23,24)25/h3-9,14,19H,2,10-13H2,1H3/t19-/m0/s1. The number of fused-ring (bicyclic) bond motifs is 1. The Morgan fingerprint density at radius 1 is 1.06 bits per heavy atom. The minimum absolute atomic E-state index is 0.247. The van der Waals surface area contributed by atoms with Crippen molar-refractivity contribution in [1.29, 1.82) is 0 Å². The Morgan fingerprint density at radius 2 is 1.78 bits per heavy atom. The first kappa shape index (κ1) is 21.8. The Morgan fingerprint density at radius 3 is 2.47 bits per heavy atom. The average molecular weight is 445 g/mol. The van der Waals surface area contributed by atoms with Crippen LogP contribution in [0.3, 0.4) is 0 Å². The maximum atomic E-state index is 13.2. The van der Waals surface area contributed by atoms with E-state index in [4.69, 9.17) is 0 Å². The van der Waals surface area contributed by atoms with Gasteiger partial charge in [-0.1, -0.05) is 30.3 Å². The monoisotopic (exact) mass is 445 g/mol. The number of rotatable bonds is 4. The summed E-state index contributed by atoms with van der Waals surface area (Å²) in [6.07, 6.45) is -4.05. The number of aromatic nitrogens is 3. The third kappa shape index (κ3) is 4.17. The zero-order valence-corrected chi connectivity index (χ0v) is 17.4. The van der Waals surface area contributed by atoms with E-state index in [-0.39, 0.29) is 11.5 Å². The first-order valence-electron chi connectivity index (χ1n) is 10.3. The SMILES string of the molecule is CC[C@@H](C(=O)N1CCN(c2cccc(C(F)(F)F)c2)CC1)n1nnc2ccccc2c1=O. The molecular formula is C22H22F3N5O2. The van der Waals surface area contributed by atoms with Crippen molar-refractivity contribution in [3.8, 4) is 0 Å². The van der Waals surface area contributed by atoms with E-state index in [1.807, 2.05) is 4.90 Å². The summed E-state index contributed by atoms with van der Waals surface area (Å²) >= 11 is 0. The molecular weight excluding hydrogens is 423 g/mol. The number of hydrogen-bond donors (Lipinski definition) is 0. The molecule has 0 saturated carbocycles. The predicted molar refractivity (Wildman–Crippen MR) is 113 cm³/mol. The van der Waals surface area contributed by atoms with E-state index in [0.717, 1.165) is 16.8 Å². The molecule has 32 heavy (non-hydrogen) atoms. The number of alkyl halides is 3. The van der Waals surface area contributed by atoms with Gasteiger partial charge >= 0.3 is 6.18 Å². The van der Waals surface area contributed by atoms with Crippen LogP contribution >= 0.6 is 0 Å². The third-order valence-corrected chi connectivity index (χ3v) is 5.69. The quantitative estimate of drug-likeness (QED) is 0.617. The first-order valence-corrected chi connectivity index (χ1v) is 10.3. The van der Waals surface area contributed by atoms with Gasteiger partial charge in [0.05, 0.1) is 10.9 Å². The molecule has 0 spiro atoms. The molecule has 2 aromatic carbocycles. The fourth-order valence-electron chi connectivity index (χ4n) is 3.93. The van der Waals surface area contributed by atoms with Crippen LogP contribution in [0, 0.1) is 0 Å². The molecule has 4 rings (SSSR count). The van der Waals surface area contributed by atoms with Crippen LogP contribution in [0.15, 0.2) is 53.3 Å². The lowest BCUT2D eigenvalue weighted by atomic mass is 10.1. The average Bonchev–Trinajstić information content (AvgIpc) is 2.80. The van der Waals surface area contributed by atoms with Crippen molar-refractivity contribution in [2.75, 3.05) is 31.1 Å². The second kappa shape index (κ2) is 8.60. The molecule has 168 valence electrons. The minimum atomic E-state index is -4.41. The smallest absolute Gasteiger partial charge is 0.368 e. The van der Waals surface area contributed by atoms with E-state index in [0.29, 0.717) is 49.2 Å². The van der Waals surface area contributed by atoms with Gasteiger partial charge in [-0.25, -0.2) is 0 Å². The number of anilines is 1. The highest BCUT2D eigenvalue weighted by Gasteiger charge is 2.32. The van der Waals surface area contributed by atoms with Gasteiger partial charge in [-0.15, -0.1) is 5.10 Å². The minimum Gasteiger partial charge on any atom is -0.368 e. The van der Waals surface area contributed by atoms with Crippen molar-refractivity contribution in [3.05, 3.63) is 64.4 Å².